The Morgan fingerprint density at radius 2 is 1.86 bits per heavy atom. The highest BCUT2D eigenvalue weighted by atomic mass is 32.2. The lowest BCUT2D eigenvalue weighted by Gasteiger charge is -2.06. The van der Waals surface area contributed by atoms with Crippen LogP contribution in [0, 0.1) is 11.3 Å². The van der Waals surface area contributed by atoms with Crippen LogP contribution in [-0.2, 0) is 9.84 Å². The first-order valence-corrected chi connectivity index (χ1v) is 7.91. The Hall–Kier alpha value is -2.65. The number of hydrogen-bond donors (Lipinski definition) is 1. The van der Waals surface area contributed by atoms with Crippen LogP contribution in [0.3, 0.4) is 0 Å². The summed E-state index contributed by atoms with van der Waals surface area (Å²) in [4.78, 5) is 12.2. The molecule has 0 saturated carbocycles. The van der Waals surface area contributed by atoms with Crippen molar-refractivity contribution in [1.29, 1.82) is 5.26 Å². The van der Waals surface area contributed by atoms with E-state index in [1.807, 2.05) is 6.07 Å². The van der Waals surface area contributed by atoms with Crippen molar-refractivity contribution in [3.63, 3.8) is 0 Å². The lowest BCUT2D eigenvalue weighted by molar-refractivity contribution is 0.102. The van der Waals surface area contributed by atoms with Crippen molar-refractivity contribution >= 4 is 21.4 Å². The number of carbonyl (C=O) groups excluding carboxylic acids is 1. The number of nitrogens with one attached hydrogen (secondary N) is 1. The van der Waals surface area contributed by atoms with E-state index in [4.69, 9.17) is 5.26 Å². The average Bonchev–Trinajstić information content (AvgIpc) is 2.46. The van der Waals surface area contributed by atoms with Gasteiger partial charge in [0.15, 0.2) is 9.84 Å². The van der Waals surface area contributed by atoms with Crippen molar-refractivity contribution in [3.8, 4) is 6.07 Å². The summed E-state index contributed by atoms with van der Waals surface area (Å²) in [5.41, 5.74) is 1.14. The summed E-state index contributed by atoms with van der Waals surface area (Å²) in [5, 5.41) is 11.4. The Morgan fingerprint density at radius 1 is 1.14 bits per heavy atom. The predicted molar refractivity (Wildman–Crippen MR) is 78.7 cm³/mol. The molecular formula is C15H12N2O3S. The predicted octanol–water partition coefficient (Wildman–Crippen LogP) is 2.21. The quantitative estimate of drug-likeness (QED) is 0.941. The molecule has 0 spiro atoms. The average molecular weight is 300 g/mol. The topological polar surface area (TPSA) is 87.0 Å². The number of rotatable bonds is 3. The molecule has 0 saturated heterocycles. The van der Waals surface area contributed by atoms with E-state index >= 15 is 0 Å². The number of sulfone groups is 1. The van der Waals surface area contributed by atoms with Crippen LogP contribution in [0.4, 0.5) is 5.69 Å². The second-order valence-corrected chi connectivity index (χ2v) is 6.46. The van der Waals surface area contributed by atoms with Crippen LogP contribution < -0.4 is 5.32 Å². The second-order valence-electron chi connectivity index (χ2n) is 4.45. The van der Waals surface area contributed by atoms with Crippen LogP contribution in [0.25, 0.3) is 0 Å². The fourth-order valence-electron chi connectivity index (χ4n) is 1.74. The van der Waals surface area contributed by atoms with Gasteiger partial charge in [0, 0.05) is 17.5 Å². The van der Waals surface area contributed by atoms with E-state index in [0.29, 0.717) is 11.3 Å². The smallest absolute Gasteiger partial charge is 0.255 e. The molecule has 0 atom stereocenters. The van der Waals surface area contributed by atoms with Crippen LogP contribution in [0.5, 0.6) is 0 Å². The van der Waals surface area contributed by atoms with E-state index in [2.05, 4.69) is 5.32 Å². The Balaban J connectivity index is 2.27. The van der Waals surface area contributed by atoms with E-state index in [-0.39, 0.29) is 10.5 Å². The van der Waals surface area contributed by atoms with E-state index in [9.17, 15) is 13.2 Å². The van der Waals surface area contributed by atoms with Gasteiger partial charge in [0.05, 0.1) is 16.5 Å². The van der Waals surface area contributed by atoms with E-state index in [0.717, 1.165) is 6.26 Å². The van der Waals surface area contributed by atoms with Gasteiger partial charge in [0.25, 0.3) is 5.91 Å². The molecule has 2 rings (SSSR count). The summed E-state index contributed by atoms with van der Waals surface area (Å²) < 4.78 is 23.0. The number of amides is 1. The maximum absolute atomic E-state index is 12.1. The number of anilines is 1. The highest BCUT2D eigenvalue weighted by Crippen LogP contribution is 2.15. The molecule has 6 heteroatoms. The van der Waals surface area contributed by atoms with Gasteiger partial charge < -0.3 is 5.32 Å². The molecule has 2 aromatic carbocycles. The SMILES string of the molecule is CS(=O)(=O)c1cccc(C(=O)Nc2cccc(C#N)c2)c1. The maximum Gasteiger partial charge on any atom is 0.255 e. The minimum absolute atomic E-state index is 0.0842. The molecule has 106 valence electrons. The zero-order valence-electron chi connectivity index (χ0n) is 11.2. The van der Waals surface area contributed by atoms with Gasteiger partial charge in [-0.2, -0.15) is 5.26 Å². The van der Waals surface area contributed by atoms with Crippen molar-refractivity contribution in [1.82, 2.24) is 0 Å². The summed E-state index contributed by atoms with van der Waals surface area (Å²) in [6, 6.07) is 14.2. The first-order valence-electron chi connectivity index (χ1n) is 6.02. The summed E-state index contributed by atoms with van der Waals surface area (Å²) in [7, 11) is -3.37. The van der Waals surface area contributed by atoms with Crippen molar-refractivity contribution < 1.29 is 13.2 Å². The van der Waals surface area contributed by atoms with Crippen LogP contribution in [0.1, 0.15) is 15.9 Å². The second kappa shape index (κ2) is 5.77. The zero-order valence-corrected chi connectivity index (χ0v) is 12.0. The minimum atomic E-state index is -3.37. The highest BCUT2D eigenvalue weighted by molar-refractivity contribution is 7.90. The number of nitriles is 1. The summed E-state index contributed by atoms with van der Waals surface area (Å²) >= 11 is 0. The first kappa shape index (κ1) is 14.8. The molecule has 1 N–H and O–H groups in total. The molecule has 0 aliphatic heterocycles. The Kier molecular flexibility index (Phi) is 4.05. The largest absolute Gasteiger partial charge is 0.322 e. The van der Waals surface area contributed by atoms with Crippen LogP contribution >= 0.6 is 0 Å². The molecular weight excluding hydrogens is 288 g/mol. The third-order valence-electron chi connectivity index (χ3n) is 2.77. The normalized spacial score (nSPS) is 10.7. The third kappa shape index (κ3) is 3.68. The van der Waals surface area contributed by atoms with Crippen molar-refractivity contribution in [2.75, 3.05) is 11.6 Å². The molecule has 0 aliphatic carbocycles. The summed E-state index contributed by atoms with van der Waals surface area (Å²) in [6.07, 6.45) is 1.08. The van der Waals surface area contributed by atoms with Gasteiger partial charge in [-0.1, -0.05) is 12.1 Å². The molecule has 5 nitrogen and oxygen atoms in total. The van der Waals surface area contributed by atoms with Crippen LogP contribution in [0.2, 0.25) is 0 Å². The molecule has 1 amide bonds. The van der Waals surface area contributed by atoms with Crippen molar-refractivity contribution in [2.24, 2.45) is 0 Å². The number of carbonyl (C=O) groups is 1. The number of nitrogens with zero attached hydrogens (tertiary/aromatic N) is 1. The molecule has 0 unspecified atom stereocenters. The van der Waals surface area contributed by atoms with Gasteiger partial charge in [0.1, 0.15) is 0 Å². The number of hydrogen-bond acceptors (Lipinski definition) is 4. The van der Waals surface area contributed by atoms with Gasteiger partial charge in [-0.05, 0) is 36.4 Å². The van der Waals surface area contributed by atoms with Gasteiger partial charge in [0.2, 0.25) is 0 Å². The monoisotopic (exact) mass is 300 g/mol. The Labute approximate surface area is 122 Å². The highest BCUT2D eigenvalue weighted by Gasteiger charge is 2.11. The molecule has 0 fully saturated rings. The maximum atomic E-state index is 12.1. The molecule has 2 aromatic rings. The molecule has 0 aliphatic rings. The Bertz CT molecular complexity index is 836. The minimum Gasteiger partial charge on any atom is -0.322 e. The number of benzene rings is 2. The molecule has 0 radical (unpaired) electrons. The van der Waals surface area contributed by atoms with E-state index < -0.39 is 15.7 Å². The van der Waals surface area contributed by atoms with Gasteiger partial charge in [-0.3, -0.25) is 4.79 Å². The molecule has 0 heterocycles. The fourth-order valence-corrected chi connectivity index (χ4v) is 2.40. The zero-order chi connectivity index (χ0) is 15.5. The van der Waals surface area contributed by atoms with E-state index in [1.165, 1.54) is 30.3 Å². The lowest BCUT2D eigenvalue weighted by atomic mass is 10.2. The van der Waals surface area contributed by atoms with Crippen LogP contribution in [0.15, 0.2) is 53.4 Å². The molecule has 21 heavy (non-hydrogen) atoms. The Morgan fingerprint density at radius 3 is 2.52 bits per heavy atom. The fraction of sp³-hybridized carbons (Fsp3) is 0.0667. The van der Waals surface area contributed by atoms with Crippen LogP contribution in [-0.4, -0.2) is 20.6 Å². The van der Waals surface area contributed by atoms with Gasteiger partial charge in [-0.15, -0.1) is 0 Å². The lowest BCUT2D eigenvalue weighted by Crippen LogP contribution is -2.12. The van der Waals surface area contributed by atoms with Gasteiger partial charge >= 0.3 is 0 Å². The van der Waals surface area contributed by atoms with Crippen molar-refractivity contribution in [2.45, 2.75) is 4.90 Å². The first-order chi connectivity index (χ1) is 9.90. The summed E-state index contributed by atoms with van der Waals surface area (Å²) in [5.74, 6) is -0.435. The molecule has 0 bridgehead atoms. The summed E-state index contributed by atoms with van der Waals surface area (Å²) in [6.45, 7) is 0. The van der Waals surface area contributed by atoms with Crippen molar-refractivity contribution in [3.05, 3.63) is 59.7 Å². The third-order valence-corrected chi connectivity index (χ3v) is 3.88. The standard InChI is InChI=1S/C15H12N2O3S/c1-21(19,20)14-7-3-5-12(9-14)15(18)17-13-6-2-4-11(8-13)10-16/h2-9H,1H3,(H,17,18). The van der Waals surface area contributed by atoms with E-state index in [1.54, 1.807) is 18.2 Å². The molecule has 0 aromatic heterocycles. The van der Waals surface area contributed by atoms with Gasteiger partial charge in [-0.25, -0.2) is 8.42 Å².